The summed E-state index contributed by atoms with van der Waals surface area (Å²) < 4.78 is 0. The molecule has 0 aliphatic carbocycles. The maximum absolute atomic E-state index is 12.9. The molecule has 2 aromatic carbocycles. The first kappa shape index (κ1) is 18.6. The van der Waals surface area contributed by atoms with Gasteiger partial charge < -0.3 is 4.90 Å². The molecule has 1 atom stereocenters. The average molecular weight is 394 g/mol. The highest BCUT2D eigenvalue weighted by molar-refractivity contribution is 7.97. The molecule has 1 heterocycles. The molecule has 0 bridgehead atoms. The lowest BCUT2D eigenvalue weighted by atomic mass is 9.90. The van der Waals surface area contributed by atoms with Gasteiger partial charge in [-0.05, 0) is 54.0 Å². The molecule has 3 rings (SSSR count). The van der Waals surface area contributed by atoms with Crippen LogP contribution in [-0.4, -0.2) is 23.6 Å². The number of halogens is 2. The maximum atomic E-state index is 12.9. The minimum atomic E-state index is 0.0688. The van der Waals surface area contributed by atoms with E-state index in [1.54, 1.807) is 18.2 Å². The Balaban J connectivity index is 1.83. The van der Waals surface area contributed by atoms with Crippen LogP contribution in [0, 0.1) is 0 Å². The van der Waals surface area contributed by atoms with Crippen LogP contribution in [0.5, 0.6) is 0 Å². The van der Waals surface area contributed by atoms with Gasteiger partial charge in [-0.3, -0.25) is 4.79 Å². The molecule has 0 unspecified atom stereocenters. The molecule has 25 heavy (non-hydrogen) atoms. The monoisotopic (exact) mass is 393 g/mol. The smallest absolute Gasteiger partial charge is 0.227 e. The van der Waals surface area contributed by atoms with Crippen molar-refractivity contribution in [1.82, 2.24) is 4.90 Å². The summed E-state index contributed by atoms with van der Waals surface area (Å²) in [5.41, 5.74) is 4.77. The highest BCUT2D eigenvalue weighted by Gasteiger charge is 2.29. The predicted octanol–water partition coefficient (Wildman–Crippen LogP) is 5.54. The second-order valence-electron chi connectivity index (χ2n) is 6.31. The summed E-state index contributed by atoms with van der Waals surface area (Å²) in [5.74, 6) is 1.09. The highest BCUT2D eigenvalue weighted by atomic mass is 35.5. The number of hydrogen-bond donors (Lipinski definition) is 0. The Hall–Kier alpha value is -1.16. The third kappa shape index (κ3) is 3.84. The Kier molecular flexibility index (Phi) is 5.98. The minimum absolute atomic E-state index is 0.0688. The zero-order valence-electron chi connectivity index (χ0n) is 14.4. The molecule has 5 heteroatoms. The topological polar surface area (TPSA) is 20.3 Å². The van der Waals surface area contributed by atoms with E-state index in [9.17, 15) is 4.79 Å². The molecule has 2 nitrogen and oxygen atoms in total. The van der Waals surface area contributed by atoms with Gasteiger partial charge >= 0.3 is 0 Å². The molecule has 0 fully saturated rings. The first-order chi connectivity index (χ1) is 12.0. The van der Waals surface area contributed by atoms with Gasteiger partial charge in [-0.25, -0.2) is 0 Å². The number of carbonyl (C=O) groups is 1. The third-order valence-corrected chi connectivity index (χ3v) is 6.15. The zero-order valence-corrected chi connectivity index (χ0v) is 16.7. The Morgan fingerprint density at radius 3 is 2.56 bits per heavy atom. The molecule has 0 N–H and O–H groups in total. The van der Waals surface area contributed by atoms with Crippen molar-refractivity contribution in [2.24, 2.45) is 0 Å². The van der Waals surface area contributed by atoms with Crippen molar-refractivity contribution in [3.8, 4) is 0 Å². The average Bonchev–Trinajstić information content (AvgIpc) is 2.59. The zero-order chi connectivity index (χ0) is 18.0. The van der Waals surface area contributed by atoms with E-state index in [1.807, 2.05) is 16.7 Å². The van der Waals surface area contributed by atoms with Crippen LogP contribution in [0.2, 0.25) is 10.0 Å². The van der Waals surface area contributed by atoms with Gasteiger partial charge in [-0.2, -0.15) is 11.8 Å². The lowest BCUT2D eigenvalue weighted by Gasteiger charge is -2.36. The van der Waals surface area contributed by atoms with Crippen molar-refractivity contribution < 1.29 is 4.79 Å². The van der Waals surface area contributed by atoms with Crippen LogP contribution >= 0.6 is 35.0 Å². The summed E-state index contributed by atoms with van der Waals surface area (Å²) in [6.07, 6.45) is 3.26. The van der Waals surface area contributed by atoms with Crippen LogP contribution in [0.15, 0.2) is 36.4 Å². The third-order valence-electron chi connectivity index (χ3n) is 4.84. The molecular weight excluding hydrogens is 373 g/mol. The maximum Gasteiger partial charge on any atom is 0.227 e. The van der Waals surface area contributed by atoms with Crippen LogP contribution in [0.1, 0.15) is 35.2 Å². The van der Waals surface area contributed by atoms with Gasteiger partial charge in [0.05, 0.1) is 12.5 Å². The van der Waals surface area contributed by atoms with Crippen molar-refractivity contribution in [2.75, 3.05) is 12.8 Å². The van der Waals surface area contributed by atoms with E-state index in [4.69, 9.17) is 23.2 Å². The number of fused-ring (bicyclic) bond motifs is 1. The van der Waals surface area contributed by atoms with Gasteiger partial charge in [0.15, 0.2) is 0 Å². The van der Waals surface area contributed by atoms with Gasteiger partial charge in [0.2, 0.25) is 5.91 Å². The van der Waals surface area contributed by atoms with E-state index in [0.29, 0.717) is 15.6 Å². The largest absolute Gasteiger partial charge is 0.335 e. The second-order valence-corrected chi connectivity index (χ2v) is 7.99. The molecule has 0 saturated carbocycles. The van der Waals surface area contributed by atoms with Crippen LogP contribution in [0.3, 0.4) is 0 Å². The van der Waals surface area contributed by atoms with Gasteiger partial charge in [0.25, 0.3) is 0 Å². The van der Waals surface area contributed by atoms with Crippen LogP contribution in [-0.2, 0) is 23.4 Å². The number of hydrogen-bond acceptors (Lipinski definition) is 2. The van der Waals surface area contributed by atoms with E-state index >= 15 is 0 Å². The van der Waals surface area contributed by atoms with E-state index in [1.165, 1.54) is 16.7 Å². The molecule has 1 amide bonds. The number of amides is 1. The van der Waals surface area contributed by atoms with Crippen molar-refractivity contribution in [2.45, 2.75) is 31.6 Å². The number of thioether (sulfide) groups is 1. The molecule has 132 valence electrons. The molecule has 1 aliphatic rings. The normalized spacial score (nSPS) is 16.6. The van der Waals surface area contributed by atoms with Gasteiger partial charge in [0, 0.05) is 22.3 Å². The molecule has 0 aromatic heterocycles. The van der Waals surface area contributed by atoms with E-state index < -0.39 is 0 Å². The van der Waals surface area contributed by atoms with Crippen molar-refractivity contribution in [3.63, 3.8) is 0 Å². The van der Waals surface area contributed by atoms with Gasteiger partial charge in [0.1, 0.15) is 0 Å². The lowest BCUT2D eigenvalue weighted by molar-refractivity contribution is -0.133. The van der Waals surface area contributed by atoms with Crippen LogP contribution in [0.4, 0.5) is 0 Å². The number of nitrogens with zero attached hydrogens (tertiary/aromatic N) is 1. The quantitative estimate of drug-likeness (QED) is 0.678. The van der Waals surface area contributed by atoms with Crippen LogP contribution < -0.4 is 0 Å². The number of carbonyl (C=O) groups excluding carboxylic acids is 1. The summed E-state index contributed by atoms with van der Waals surface area (Å²) in [7, 11) is 0. The first-order valence-corrected chi connectivity index (χ1v) is 10.5. The molecule has 2 aromatic rings. The summed E-state index contributed by atoms with van der Waals surface area (Å²) in [4.78, 5) is 14.9. The van der Waals surface area contributed by atoms with E-state index in [2.05, 4.69) is 31.4 Å². The molecule has 0 saturated heterocycles. The van der Waals surface area contributed by atoms with Crippen molar-refractivity contribution >= 4 is 40.9 Å². The van der Waals surface area contributed by atoms with Crippen LogP contribution in [0.25, 0.3) is 0 Å². The summed E-state index contributed by atoms with van der Waals surface area (Å²) in [6, 6.07) is 11.9. The molecule has 0 spiro atoms. The fourth-order valence-corrected chi connectivity index (χ4v) is 4.64. The summed E-state index contributed by atoms with van der Waals surface area (Å²) >= 11 is 14.3. The first-order valence-electron chi connectivity index (χ1n) is 8.35. The molecule has 1 aliphatic heterocycles. The second kappa shape index (κ2) is 8.03. The van der Waals surface area contributed by atoms with Gasteiger partial charge in [-0.15, -0.1) is 0 Å². The fourth-order valence-electron chi connectivity index (χ4n) is 3.53. The highest BCUT2D eigenvalue weighted by Crippen LogP contribution is 2.34. The molecule has 0 radical (unpaired) electrons. The SMILES string of the molecule is CSCc1cccc2c1CCN(C(=O)Cc1c(Cl)cccc1Cl)[C@H]2C. The number of benzene rings is 2. The van der Waals surface area contributed by atoms with Crippen molar-refractivity contribution in [3.05, 3.63) is 68.7 Å². The standard InChI is InChI=1S/C20H21Cl2NOS/c1-13-15-6-3-5-14(12-25-2)16(15)9-10-23(13)20(24)11-17-18(21)7-4-8-19(17)22/h3-8,13H,9-12H2,1-2H3/t13-/m0/s1. The Labute approximate surface area is 163 Å². The van der Waals surface area contributed by atoms with E-state index in [-0.39, 0.29) is 18.4 Å². The Bertz CT molecular complexity index is 773. The van der Waals surface area contributed by atoms with Crippen molar-refractivity contribution in [1.29, 1.82) is 0 Å². The summed E-state index contributed by atoms with van der Waals surface area (Å²) in [5, 5.41) is 1.10. The fraction of sp³-hybridized carbons (Fsp3) is 0.350. The predicted molar refractivity (Wildman–Crippen MR) is 108 cm³/mol. The Morgan fingerprint density at radius 1 is 1.20 bits per heavy atom. The minimum Gasteiger partial charge on any atom is -0.335 e. The van der Waals surface area contributed by atoms with Gasteiger partial charge in [-0.1, -0.05) is 47.5 Å². The summed E-state index contributed by atoms with van der Waals surface area (Å²) in [6.45, 7) is 2.84. The number of rotatable bonds is 4. The Morgan fingerprint density at radius 2 is 1.88 bits per heavy atom. The molecular formula is C20H21Cl2NOS. The van der Waals surface area contributed by atoms with E-state index in [0.717, 1.165) is 18.7 Å². The lowest BCUT2D eigenvalue weighted by Crippen LogP contribution is -2.40.